The number of rotatable bonds is 67. The zero-order chi connectivity index (χ0) is 57.1. The monoisotopic (exact) mass is 1110 g/mol. The minimum atomic E-state index is -0.777. The summed E-state index contributed by atoms with van der Waals surface area (Å²) in [5.74, 6) is -0.859. The summed E-state index contributed by atoms with van der Waals surface area (Å²) in [5.41, 5.74) is 0. The molecule has 0 heterocycles. The van der Waals surface area contributed by atoms with E-state index in [9.17, 15) is 14.4 Å². The molecule has 0 saturated carbocycles. The number of hydrogen-bond acceptors (Lipinski definition) is 6. The second-order valence-corrected chi connectivity index (χ2v) is 24.5. The Kier molecular flexibility index (Phi) is 66.6. The maximum atomic E-state index is 12.9. The largest absolute Gasteiger partial charge is 0.462 e. The maximum Gasteiger partial charge on any atom is 0.306 e. The van der Waals surface area contributed by atoms with Gasteiger partial charge in [-0.05, 0) is 70.6 Å². The van der Waals surface area contributed by atoms with Gasteiger partial charge in [-0.25, -0.2) is 0 Å². The smallest absolute Gasteiger partial charge is 0.306 e. The summed E-state index contributed by atoms with van der Waals surface area (Å²) in [7, 11) is 0. The summed E-state index contributed by atoms with van der Waals surface area (Å²) in [4.78, 5) is 38.4. The summed E-state index contributed by atoms with van der Waals surface area (Å²) in [6.45, 7) is 6.70. The zero-order valence-electron chi connectivity index (χ0n) is 53.7. The van der Waals surface area contributed by atoms with Gasteiger partial charge in [-0.1, -0.05) is 340 Å². The number of allylic oxidation sites excluding steroid dienone is 4. The molecule has 0 saturated heterocycles. The van der Waals surface area contributed by atoms with Gasteiger partial charge in [0.25, 0.3) is 0 Å². The lowest BCUT2D eigenvalue weighted by Gasteiger charge is -2.18. The van der Waals surface area contributed by atoms with Crippen molar-refractivity contribution in [2.45, 2.75) is 412 Å². The molecular formula is C73H138O6. The standard InChI is InChI=1S/C73H138O6/c1-4-7-10-13-16-19-22-25-28-31-32-33-34-35-36-37-38-39-40-41-42-43-46-48-51-54-57-60-63-66-72(75)78-69-70(79-73(76)67-64-61-58-55-52-49-45-30-27-24-21-18-15-12-9-6-3)68-77-71(74)65-62-59-56-53-50-47-44-29-26-23-20-17-14-11-8-5-2/h29-30,44-45,70H,4-28,31-43,46-69H2,1-3H3/b44-29-,45-30-. The van der Waals surface area contributed by atoms with Gasteiger partial charge >= 0.3 is 17.9 Å². The van der Waals surface area contributed by atoms with Crippen molar-refractivity contribution < 1.29 is 28.6 Å². The highest BCUT2D eigenvalue weighted by Gasteiger charge is 2.19. The minimum absolute atomic E-state index is 0.0720. The molecule has 0 amide bonds. The van der Waals surface area contributed by atoms with Crippen LogP contribution in [0, 0.1) is 0 Å². The van der Waals surface area contributed by atoms with Gasteiger partial charge in [-0.3, -0.25) is 14.4 Å². The second kappa shape index (κ2) is 68.4. The summed E-state index contributed by atoms with van der Waals surface area (Å²) < 4.78 is 17.0. The van der Waals surface area contributed by atoms with Crippen molar-refractivity contribution in [3.8, 4) is 0 Å². The van der Waals surface area contributed by atoms with Crippen LogP contribution in [0.2, 0.25) is 0 Å². The highest BCUT2D eigenvalue weighted by molar-refractivity contribution is 5.71. The first-order valence-electron chi connectivity index (χ1n) is 35.8. The molecule has 0 aliphatic rings. The van der Waals surface area contributed by atoms with Crippen LogP contribution in [0.1, 0.15) is 406 Å². The normalized spacial score (nSPS) is 12.1. The predicted octanol–water partition coefficient (Wildman–Crippen LogP) is 24.6. The van der Waals surface area contributed by atoms with E-state index < -0.39 is 6.10 Å². The molecule has 6 heteroatoms. The predicted molar refractivity (Wildman–Crippen MR) is 344 cm³/mol. The van der Waals surface area contributed by atoms with Crippen LogP contribution in [-0.2, 0) is 28.6 Å². The molecule has 0 N–H and O–H groups in total. The summed E-state index contributed by atoms with van der Waals surface area (Å²) in [6, 6.07) is 0. The Labute approximate surface area is 493 Å². The van der Waals surface area contributed by atoms with Gasteiger partial charge in [0.1, 0.15) is 13.2 Å². The van der Waals surface area contributed by atoms with Crippen molar-refractivity contribution in [1.82, 2.24) is 0 Å². The molecule has 0 aliphatic carbocycles. The fourth-order valence-electron chi connectivity index (χ4n) is 11.0. The Bertz CT molecular complexity index is 1270. The molecule has 0 aromatic heterocycles. The fraction of sp³-hybridized carbons (Fsp3) is 0.904. The SMILES string of the molecule is CCCCCCCCC/C=C\CCCCCCCC(=O)OCC(COC(=O)CCCCCCCCCCCCCCCCCCCCCCCCCCCCCCC)OC(=O)CCCCCCC/C=C\CCCCCCCCC. The molecular weight excluding hydrogens is 973 g/mol. The minimum Gasteiger partial charge on any atom is -0.462 e. The highest BCUT2D eigenvalue weighted by Crippen LogP contribution is 2.19. The van der Waals surface area contributed by atoms with Crippen LogP contribution in [0.3, 0.4) is 0 Å². The number of esters is 3. The van der Waals surface area contributed by atoms with E-state index in [-0.39, 0.29) is 31.1 Å². The van der Waals surface area contributed by atoms with Crippen molar-refractivity contribution in [2.75, 3.05) is 13.2 Å². The van der Waals surface area contributed by atoms with Crippen LogP contribution < -0.4 is 0 Å². The van der Waals surface area contributed by atoms with Crippen LogP contribution in [0.25, 0.3) is 0 Å². The number of carbonyl (C=O) groups excluding carboxylic acids is 3. The second-order valence-electron chi connectivity index (χ2n) is 24.5. The quantitative estimate of drug-likeness (QED) is 0.0261. The molecule has 1 atom stereocenters. The van der Waals surface area contributed by atoms with E-state index >= 15 is 0 Å². The first kappa shape index (κ1) is 76.9. The zero-order valence-corrected chi connectivity index (χ0v) is 53.7. The van der Waals surface area contributed by atoms with Gasteiger partial charge in [0.2, 0.25) is 0 Å². The van der Waals surface area contributed by atoms with Gasteiger partial charge < -0.3 is 14.2 Å². The summed E-state index contributed by atoms with van der Waals surface area (Å²) in [5, 5.41) is 0. The molecule has 0 aromatic carbocycles. The van der Waals surface area contributed by atoms with Crippen molar-refractivity contribution in [3.05, 3.63) is 24.3 Å². The molecule has 0 aliphatic heterocycles. The summed E-state index contributed by atoms with van der Waals surface area (Å²) in [6.07, 6.45) is 83.6. The Balaban J connectivity index is 4.19. The van der Waals surface area contributed by atoms with E-state index in [0.717, 1.165) is 70.6 Å². The van der Waals surface area contributed by atoms with Crippen molar-refractivity contribution >= 4 is 17.9 Å². The van der Waals surface area contributed by atoms with Crippen LogP contribution in [0.5, 0.6) is 0 Å². The summed E-state index contributed by atoms with van der Waals surface area (Å²) >= 11 is 0. The molecule has 0 aromatic rings. The Hall–Kier alpha value is -2.11. The van der Waals surface area contributed by atoms with E-state index in [4.69, 9.17) is 14.2 Å². The lowest BCUT2D eigenvalue weighted by atomic mass is 10.0. The number of ether oxygens (including phenoxy) is 3. The lowest BCUT2D eigenvalue weighted by molar-refractivity contribution is -0.167. The third-order valence-electron chi connectivity index (χ3n) is 16.4. The number of hydrogen-bond donors (Lipinski definition) is 0. The number of unbranched alkanes of at least 4 members (excludes halogenated alkanes) is 52. The molecule has 466 valence electrons. The molecule has 0 fully saturated rings. The van der Waals surface area contributed by atoms with Gasteiger partial charge in [0.15, 0.2) is 6.10 Å². The van der Waals surface area contributed by atoms with Gasteiger partial charge in [0, 0.05) is 19.3 Å². The topological polar surface area (TPSA) is 78.9 Å². The van der Waals surface area contributed by atoms with Crippen molar-refractivity contribution in [2.24, 2.45) is 0 Å². The lowest BCUT2D eigenvalue weighted by Crippen LogP contribution is -2.30. The molecule has 0 radical (unpaired) electrons. The molecule has 1 unspecified atom stereocenters. The van der Waals surface area contributed by atoms with E-state index in [1.54, 1.807) is 0 Å². The average molecular weight is 1110 g/mol. The molecule has 6 nitrogen and oxygen atoms in total. The fourth-order valence-corrected chi connectivity index (χ4v) is 11.0. The third kappa shape index (κ3) is 66.6. The first-order valence-corrected chi connectivity index (χ1v) is 35.8. The van der Waals surface area contributed by atoms with Gasteiger partial charge in [-0.2, -0.15) is 0 Å². The Morgan fingerprint density at radius 3 is 0.633 bits per heavy atom. The van der Waals surface area contributed by atoms with E-state index in [1.165, 1.54) is 295 Å². The van der Waals surface area contributed by atoms with E-state index in [0.29, 0.717) is 19.3 Å². The van der Waals surface area contributed by atoms with Crippen LogP contribution in [0.4, 0.5) is 0 Å². The number of carbonyl (C=O) groups is 3. The highest BCUT2D eigenvalue weighted by atomic mass is 16.6. The van der Waals surface area contributed by atoms with E-state index in [1.807, 2.05) is 0 Å². The maximum absolute atomic E-state index is 12.9. The van der Waals surface area contributed by atoms with Crippen LogP contribution >= 0.6 is 0 Å². The van der Waals surface area contributed by atoms with Crippen LogP contribution in [-0.4, -0.2) is 37.2 Å². The van der Waals surface area contributed by atoms with E-state index in [2.05, 4.69) is 45.1 Å². The van der Waals surface area contributed by atoms with Crippen molar-refractivity contribution in [1.29, 1.82) is 0 Å². The molecule has 79 heavy (non-hydrogen) atoms. The van der Waals surface area contributed by atoms with Crippen molar-refractivity contribution in [3.63, 3.8) is 0 Å². The Morgan fingerprint density at radius 2 is 0.418 bits per heavy atom. The van der Waals surface area contributed by atoms with Gasteiger partial charge in [0.05, 0.1) is 0 Å². The first-order chi connectivity index (χ1) is 39.0. The van der Waals surface area contributed by atoms with Crippen LogP contribution in [0.15, 0.2) is 24.3 Å². The molecule has 0 bridgehead atoms. The van der Waals surface area contributed by atoms with Gasteiger partial charge in [-0.15, -0.1) is 0 Å². The molecule has 0 spiro atoms. The molecule has 0 rings (SSSR count). The third-order valence-corrected chi connectivity index (χ3v) is 16.4. The Morgan fingerprint density at radius 1 is 0.241 bits per heavy atom. The average Bonchev–Trinajstić information content (AvgIpc) is 3.45.